The molecule has 0 radical (unpaired) electrons. The summed E-state index contributed by atoms with van der Waals surface area (Å²) in [6.45, 7) is 0.697. The fraction of sp³-hybridized carbons (Fsp3) is 0.222. The van der Waals surface area contributed by atoms with Crippen LogP contribution in [0.25, 0.3) is 10.9 Å². The van der Waals surface area contributed by atoms with Gasteiger partial charge >= 0.3 is 0 Å². The maximum atomic E-state index is 12.8. The summed E-state index contributed by atoms with van der Waals surface area (Å²) in [5.74, 6) is -0.0362. The minimum absolute atomic E-state index is 0.101. The van der Waals surface area contributed by atoms with Crippen LogP contribution in [0.3, 0.4) is 0 Å². The van der Waals surface area contributed by atoms with Crippen molar-refractivity contribution in [1.82, 2.24) is 20.3 Å². The highest BCUT2D eigenvalue weighted by molar-refractivity contribution is 5.77. The summed E-state index contributed by atoms with van der Waals surface area (Å²) in [7, 11) is 0. The molecule has 3 aromatic rings. The predicted molar refractivity (Wildman–Crippen MR) is 93.3 cm³/mol. The molecule has 0 atom stereocenters. The summed E-state index contributed by atoms with van der Waals surface area (Å²) in [6.07, 6.45) is 0.101. The van der Waals surface area contributed by atoms with Gasteiger partial charge in [-0.05, 0) is 36.4 Å². The minimum atomic E-state index is -0.335. The van der Waals surface area contributed by atoms with E-state index in [0.29, 0.717) is 23.2 Å². The SMILES string of the molecule is O=C(CCn1nnc2ccccc2c1=O)NCCOc1ccc(F)cc1. The zero-order valence-electron chi connectivity index (χ0n) is 13.9. The van der Waals surface area contributed by atoms with Gasteiger partial charge in [0.2, 0.25) is 5.91 Å². The number of benzene rings is 2. The zero-order chi connectivity index (χ0) is 18.4. The summed E-state index contributed by atoms with van der Waals surface area (Å²) >= 11 is 0. The fourth-order valence-corrected chi connectivity index (χ4v) is 2.36. The van der Waals surface area contributed by atoms with E-state index in [9.17, 15) is 14.0 Å². The summed E-state index contributed by atoms with van der Waals surface area (Å²) in [4.78, 5) is 24.1. The average molecular weight is 356 g/mol. The number of carbonyl (C=O) groups excluding carboxylic acids is 1. The fourth-order valence-electron chi connectivity index (χ4n) is 2.36. The molecule has 1 aromatic heterocycles. The van der Waals surface area contributed by atoms with Crippen molar-refractivity contribution in [2.45, 2.75) is 13.0 Å². The van der Waals surface area contributed by atoms with Crippen LogP contribution in [-0.2, 0) is 11.3 Å². The normalized spacial score (nSPS) is 10.7. The molecule has 8 heteroatoms. The summed E-state index contributed by atoms with van der Waals surface area (Å²) in [5, 5.41) is 11.0. The molecule has 0 bridgehead atoms. The van der Waals surface area contributed by atoms with E-state index < -0.39 is 0 Å². The van der Waals surface area contributed by atoms with E-state index in [1.807, 2.05) is 0 Å². The van der Waals surface area contributed by atoms with Crippen LogP contribution in [0.1, 0.15) is 6.42 Å². The molecule has 0 fully saturated rings. The van der Waals surface area contributed by atoms with E-state index in [0.717, 1.165) is 0 Å². The van der Waals surface area contributed by atoms with Gasteiger partial charge in [0.25, 0.3) is 5.56 Å². The minimum Gasteiger partial charge on any atom is -0.492 e. The first kappa shape index (κ1) is 17.5. The molecule has 1 N–H and O–H groups in total. The van der Waals surface area contributed by atoms with Crippen molar-refractivity contribution in [2.75, 3.05) is 13.2 Å². The van der Waals surface area contributed by atoms with E-state index in [1.54, 1.807) is 24.3 Å². The lowest BCUT2D eigenvalue weighted by Gasteiger charge is -2.08. The molecule has 134 valence electrons. The Labute approximate surface area is 148 Å². The topological polar surface area (TPSA) is 86.1 Å². The Hall–Kier alpha value is -3.29. The van der Waals surface area contributed by atoms with Gasteiger partial charge < -0.3 is 10.1 Å². The Bertz CT molecular complexity index is 957. The number of halogens is 1. The quantitative estimate of drug-likeness (QED) is 0.649. The Kier molecular flexibility index (Phi) is 5.52. The monoisotopic (exact) mass is 356 g/mol. The van der Waals surface area contributed by atoms with Crippen LogP contribution in [0.2, 0.25) is 0 Å². The molecule has 1 amide bonds. The molecule has 26 heavy (non-hydrogen) atoms. The van der Waals surface area contributed by atoms with Crippen LogP contribution < -0.4 is 15.6 Å². The molecular formula is C18H17FN4O3. The molecule has 0 aliphatic heterocycles. The molecule has 3 rings (SSSR count). The van der Waals surface area contributed by atoms with Crippen molar-refractivity contribution < 1.29 is 13.9 Å². The number of nitrogens with one attached hydrogen (secondary N) is 1. The number of rotatable bonds is 7. The smallest absolute Gasteiger partial charge is 0.277 e. The summed E-state index contributed by atoms with van der Waals surface area (Å²) in [6, 6.07) is 12.6. The molecule has 1 heterocycles. The van der Waals surface area contributed by atoms with Crippen molar-refractivity contribution in [2.24, 2.45) is 0 Å². The van der Waals surface area contributed by atoms with Gasteiger partial charge in [-0.3, -0.25) is 9.59 Å². The average Bonchev–Trinajstić information content (AvgIpc) is 2.66. The lowest BCUT2D eigenvalue weighted by molar-refractivity contribution is -0.121. The lowest BCUT2D eigenvalue weighted by atomic mass is 10.2. The number of aromatic nitrogens is 3. The Balaban J connectivity index is 1.45. The highest BCUT2D eigenvalue weighted by atomic mass is 19.1. The van der Waals surface area contributed by atoms with Gasteiger partial charge in [0.05, 0.1) is 18.5 Å². The third-order valence-electron chi connectivity index (χ3n) is 3.69. The first-order chi connectivity index (χ1) is 12.6. The largest absolute Gasteiger partial charge is 0.492 e. The summed E-state index contributed by atoms with van der Waals surface area (Å²) < 4.78 is 19.3. The number of ether oxygens (including phenoxy) is 1. The van der Waals surface area contributed by atoms with Gasteiger partial charge in [-0.25, -0.2) is 9.07 Å². The number of amides is 1. The third-order valence-corrected chi connectivity index (χ3v) is 3.69. The molecule has 7 nitrogen and oxygen atoms in total. The highest BCUT2D eigenvalue weighted by Crippen LogP contribution is 2.10. The maximum absolute atomic E-state index is 12.8. The van der Waals surface area contributed by atoms with Gasteiger partial charge in [0, 0.05) is 6.42 Å². The van der Waals surface area contributed by atoms with Crippen molar-refractivity contribution in [3.63, 3.8) is 0 Å². The van der Waals surface area contributed by atoms with Gasteiger partial charge in [-0.2, -0.15) is 0 Å². The molecule has 0 saturated carbocycles. The van der Waals surface area contributed by atoms with Gasteiger partial charge in [0.15, 0.2) is 0 Å². The maximum Gasteiger partial charge on any atom is 0.277 e. The predicted octanol–water partition coefficient (Wildman–Crippen LogP) is 1.52. The van der Waals surface area contributed by atoms with Crippen LogP contribution in [0, 0.1) is 5.82 Å². The van der Waals surface area contributed by atoms with E-state index in [2.05, 4.69) is 15.6 Å². The third kappa shape index (κ3) is 4.41. The van der Waals surface area contributed by atoms with Crippen LogP contribution in [-0.4, -0.2) is 34.1 Å². The standard InChI is InChI=1S/C18H17FN4O3/c19-13-5-7-14(8-6-13)26-12-10-20-17(24)9-11-23-18(25)15-3-1-2-4-16(15)21-22-23/h1-8H,9-12H2,(H,20,24). The summed E-state index contributed by atoms with van der Waals surface area (Å²) in [5.41, 5.74) is 0.249. The number of nitrogens with zero attached hydrogens (tertiary/aromatic N) is 3. The molecule has 0 spiro atoms. The van der Waals surface area contributed by atoms with Gasteiger partial charge in [0.1, 0.15) is 23.7 Å². The Morgan fingerprint density at radius 3 is 2.73 bits per heavy atom. The lowest BCUT2D eigenvalue weighted by Crippen LogP contribution is -2.31. The van der Waals surface area contributed by atoms with Crippen LogP contribution in [0.15, 0.2) is 53.3 Å². The molecule has 0 aliphatic carbocycles. The van der Waals surface area contributed by atoms with Crippen LogP contribution in [0.5, 0.6) is 5.75 Å². The first-order valence-electron chi connectivity index (χ1n) is 8.11. The number of hydrogen-bond donors (Lipinski definition) is 1. The molecular weight excluding hydrogens is 339 g/mol. The second-order valence-electron chi connectivity index (χ2n) is 5.54. The van der Waals surface area contributed by atoms with Crippen molar-refractivity contribution in [3.05, 3.63) is 64.7 Å². The van der Waals surface area contributed by atoms with Crippen molar-refractivity contribution in [1.29, 1.82) is 0 Å². The second kappa shape index (κ2) is 8.19. The molecule has 0 unspecified atom stereocenters. The van der Waals surface area contributed by atoms with Crippen LogP contribution >= 0.6 is 0 Å². The van der Waals surface area contributed by atoms with Crippen molar-refractivity contribution in [3.8, 4) is 5.75 Å². The second-order valence-corrected chi connectivity index (χ2v) is 5.54. The van der Waals surface area contributed by atoms with Crippen LogP contribution in [0.4, 0.5) is 4.39 Å². The number of fused-ring (bicyclic) bond motifs is 1. The Morgan fingerprint density at radius 2 is 1.92 bits per heavy atom. The van der Waals surface area contributed by atoms with Gasteiger partial charge in [-0.1, -0.05) is 17.3 Å². The van der Waals surface area contributed by atoms with E-state index in [-0.39, 0.29) is 36.9 Å². The van der Waals surface area contributed by atoms with E-state index >= 15 is 0 Å². The molecule has 0 aliphatic rings. The number of aryl methyl sites for hydroxylation is 1. The van der Waals surface area contributed by atoms with Crippen molar-refractivity contribution >= 4 is 16.8 Å². The van der Waals surface area contributed by atoms with Gasteiger partial charge in [-0.15, -0.1) is 5.10 Å². The Morgan fingerprint density at radius 1 is 1.15 bits per heavy atom. The molecule has 2 aromatic carbocycles. The number of carbonyl (C=O) groups is 1. The number of hydrogen-bond acceptors (Lipinski definition) is 5. The first-order valence-corrected chi connectivity index (χ1v) is 8.11. The zero-order valence-corrected chi connectivity index (χ0v) is 13.9. The highest BCUT2D eigenvalue weighted by Gasteiger charge is 2.07. The van der Waals surface area contributed by atoms with E-state index in [1.165, 1.54) is 28.9 Å². The van der Waals surface area contributed by atoms with E-state index in [4.69, 9.17) is 4.74 Å². The molecule has 0 saturated heterocycles.